The Morgan fingerprint density at radius 1 is 1.12 bits per heavy atom. The standard InChI is InChI=1S/C25H33N5O3S/c1-16(2)15-20(30-23(32)18-11-6-7-12-19(18)24(30)33)22(31)26-14-8-13-21-27-28-25(34-3)29(21)17-9-4-5-10-17/h6-7,11-12,16-17,20H,4-5,8-10,13-15H2,1-3H3,(H,26,31). The topological polar surface area (TPSA) is 97.2 Å². The van der Waals surface area contributed by atoms with Crippen molar-refractivity contribution in [1.82, 2.24) is 25.0 Å². The monoisotopic (exact) mass is 483 g/mol. The smallest absolute Gasteiger partial charge is 0.262 e. The maximum atomic E-state index is 13.2. The van der Waals surface area contributed by atoms with Gasteiger partial charge in [0.15, 0.2) is 5.16 Å². The first kappa shape index (κ1) is 24.4. The zero-order valence-electron chi connectivity index (χ0n) is 20.1. The van der Waals surface area contributed by atoms with E-state index in [1.54, 1.807) is 36.0 Å². The fourth-order valence-corrected chi connectivity index (χ4v) is 5.56. The molecule has 8 nitrogen and oxygen atoms in total. The number of nitrogens with one attached hydrogen (secondary N) is 1. The third kappa shape index (κ3) is 4.89. The van der Waals surface area contributed by atoms with E-state index < -0.39 is 17.9 Å². The van der Waals surface area contributed by atoms with Crippen LogP contribution in [0, 0.1) is 5.92 Å². The number of aryl methyl sites for hydroxylation is 1. The van der Waals surface area contributed by atoms with E-state index in [0.29, 0.717) is 43.0 Å². The first-order valence-corrected chi connectivity index (χ1v) is 13.4. The number of hydrogen-bond donors (Lipinski definition) is 1. The summed E-state index contributed by atoms with van der Waals surface area (Å²) in [5, 5.41) is 12.7. The molecule has 1 aromatic carbocycles. The highest BCUT2D eigenvalue weighted by molar-refractivity contribution is 7.98. The molecule has 3 amide bonds. The summed E-state index contributed by atoms with van der Waals surface area (Å²) in [5.74, 6) is 0.0381. The van der Waals surface area contributed by atoms with Crippen LogP contribution >= 0.6 is 11.8 Å². The molecule has 1 saturated carbocycles. The van der Waals surface area contributed by atoms with Crippen molar-refractivity contribution < 1.29 is 14.4 Å². The molecule has 0 spiro atoms. The molecule has 2 aliphatic rings. The summed E-state index contributed by atoms with van der Waals surface area (Å²) in [5.41, 5.74) is 0.731. The largest absolute Gasteiger partial charge is 0.354 e. The second-order valence-electron chi connectivity index (χ2n) is 9.48. The lowest BCUT2D eigenvalue weighted by Crippen LogP contribution is -2.50. The van der Waals surface area contributed by atoms with E-state index in [-0.39, 0.29) is 11.8 Å². The lowest BCUT2D eigenvalue weighted by Gasteiger charge is -2.26. The molecule has 0 bridgehead atoms. The van der Waals surface area contributed by atoms with Gasteiger partial charge in [0, 0.05) is 19.0 Å². The summed E-state index contributed by atoms with van der Waals surface area (Å²) in [6.07, 6.45) is 8.66. The minimum Gasteiger partial charge on any atom is -0.354 e. The van der Waals surface area contributed by atoms with Gasteiger partial charge in [-0.1, -0.05) is 50.6 Å². The average molecular weight is 484 g/mol. The molecule has 1 fully saturated rings. The summed E-state index contributed by atoms with van der Waals surface area (Å²) in [7, 11) is 0. The second kappa shape index (κ2) is 10.7. The second-order valence-corrected chi connectivity index (χ2v) is 10.3. The summed E-state index contributed by atoms with van der Waals surface area (Å²) in [4.78, 5) is 40.2. The lowest BCUT2D eigenvalue weighted by molar-refractivity contribution is -0.125. The van der Waals surface area contributed by atoms with Crippen LogP contribution in [0.2, 0.25) is 0 Å². The fraction of sp³-hybridized carbons (Fsp3) is 0.560. The molecule has 1 aromatic heterocycles. The Hall–Kier alpha value is -2.68. The first-order chi connectivity index (χ1) is 16.4. The quantitative estimate of drug-likeness (QED) is 0.313. The first-order valence-electron chi connectivity index (χ1n) is 12.1. The highest BCUT2D eigenvalue weighted by atomic mass is 32.2. The molecular formula is C25H33N5O3S. The molecule has 1 aliphatic heterocycles. The van der Waals surface area contributed by atoms with Crippen LogP contribution in [0.4, 0.5) is 0 Å². The van der Waals surface area contributed by atoms with Crippen LogP contribution in [-0.2, 0) is 11.2 Å². The maximum absolute atomic E-state index is 13.2. The molecule has 0 saturated heterocycles. The van der Waals surface area contributed by atoms with Crippen molar-refractivity contribution in [3.63, 3.8) is 0 Å². The van der Waals surface area contributed by atoms with Crippen molar-refractivity contribution in [2.75, 3.05) is 12.8 Å². The Kier molecular flexibility index (Phi) is 7.70. The Bertz CT molecular complexity index is 1030. The van der Waals surface area contributed by atoms with Gasteiger partial charge in [-0.2, -0.15) is 0 Å². The summed E-state index contributed by atoms with van der Waals surface area (Å²) < 4.78 is 2.28. The molecule has 2 heterocycles. The molecule has 9 heteroatoms. The Morgan fingerprint density at radius 2 is 1.76 bits per heavy atom. The Balaban J connectivity index is 1.39. The minimum atomic E-state index is -0.822. The summed E-state index contributed by atoms with van der Waals surface area (Å²) in [6.45, 7) is 4.41. The fourth-order valence-electron chi connectivity index (χ4n) is 4.99. The van der Waals surface area contributed by atoms with Gasteiger partial charge in [0.2, 0.25) is 5.91 Å². The lowest BCUT2D eigenvalue weighted by atomic mass is 10.0. The van der Waals surface area contributed by atoms with E-state index in [4.69, 9.17) is 0 Å². The van der Waals surface area contributed by atoms with Crippen LogP contribution < -0.4 is 5.32 Å². The van der Waals surface area contributed by atoms with Gasteiger partial charge in [0.05, 0.1) is 11.1 Å². The van der Waals surface area contributed by atoms with Crippen molar-refractivity contribution in [3.05, 3.63) is 41.2 Å². The van der Waals surface area contributed by atoms with E-state index in [0.717, 1.165) is 28.7 Å². The normalized spacial score (nSPS) is 17.0. The van der Waals surface area contributed by atoms with Crippen molar-refractivity contribution in [3.8, 4) is 0 Å². The minimum absolute atomic E-state index is 0.148. The van der Waals surface area contributed by atoms with E-state index in [2.05, 4.69) is 20.1 Å². The zero-order chi connectivity index (χ0) is 24.2. The van der Waals surface area contributed by atoms with Crippen LogP contribution in [0.15, 0.2) is 29.4 Å². The maximum Gasteiger partial charge on any atom is 0.262 e. The van der Waals surface area contributed by atoms with Gasteiger partial charge in [-0.15, -0.1) is 10.2 Å². The van der Waals surface area contributed by atoms with Crippen molar-refractivity contribution in [2.24, 2.45) is 5.92 Å². The van der Waals surface area contributed by atoms with Crippen molar-refractivity contribution in [2.45, 2.75) is 76.0 Å². The number of carbonyl (C=O) groups excluding carboxylic acids is 3. The van der Waals surface area contributed by atoms with Gasteiger partial charge in [-0.25, -0.2) is 0 Å². The number of imide groups is 1. The van der Waals surface area contributed by atoms with Crippen LogP contribution in [-0.4, -0.2) is 56.2 Å². The highest BCUT2D eigenvalue weighted by Crippen LogP contribution is 2.33. The van der Waals surface area contributed by atoms with Gasteiger partial charge in [-0.3, -0.25) is 19.3 Å². The molecule has 2 aromatic rings. The number of fused-ring (bicyclic) bond motifs is 1. The van der Waals surface area contributed by atoms with E-state index >= 15 is 0 Å². The van der Waals surface area contributed by atoms with Crippen LogP contribution in [0.25, 0.3) is 0 Å². The van der Waals surface area contributed by atoms with Crippen LogP contribution in [0.3, 0.4) is 0 Å². The SMILES string of the molecule is CSc1nnc(CCCNC(=O)C(CC(C)C)N2C(=O)c3ccccc3C2=O)n1C1CCCC1. The summed E-state index contributed by atoms with van der Waals surface area (Å²) >= 11 is 1.62. The predicted octanol–water partition coefficient (Wildman–Crippen LogP) is 3.87. The number of hydrogen-bond acceptors (Lipinski definition) is 6. The zero-order valence-corrected chi connectivity index (χ0v) is 20.9. The number of rotatable bonds is 10. The van der Waals surface area contributed by atoms with E-state index in [9.17, 15) is 14.4 Å². The number of aromatic nitrogens is 3. The molecule has 1 unspecified atom stereocenters. The van der Waals surface area contributed by atoms with E-state index in [1.165, 1.54) is 12.8 Å². The molecule has 0 radical (unpaired) electrons. The predicted molar refractivity (Wildman–Crippen MR) is 131 cm³/mol. The highest BCUT2D eigenvalue weighted by Gasteiger charge is 2.42. The van der Waals surface area contributed by atoms with Crippen molar-refractivity contribution in [1.29, 1.82) is 0 Å². The van der Waals surface area contributed by atoms with Gasteiger partial charge < -0.3 is 9.88 Å². The Labute approximate surface area is 204 Å². The number of amides is 3. The van der Waals surface area contributed by atoms with E-state index in [1.807, 2.05) is 20.1 Å². The van der Waals surface area contributed by atoms with Gasteiger partial charge in [0.25, 0.3) is 11.8 Å². The number of carbonyl (C=O) groups is 3. The molecule has 1 atom stereocenters. The van der Waals surface area contributed by atoms with Crippen LogP contribution in [0.1, 0.15) is 85.0 Å². The molecule has 1 N–H and O–H groups in total. The van der Waals surface area contributed by atoms with Crippen molar-refractivity contribution >= 4 is 29.5 Å². The summed E-state index contributed by atoms with van der Waals surface area (Å²) in [6, 6.07) is 6.39. The average Bonchev–Trinajstić information content (AvgIpc) is 3.54. The number of benzene rings is 1. The molecule has 1 aliphatic carbocycles. The Morgan fingerprint density at radius 3 is 2.35 bits per heavy atom. The third-order valence-corrected chi connectivity index (χ3v) is 7.26. The van der Waals surface area contributed by atoms with Gasteiger partial charge in [-0.05, 0) is 50.0 Å². The molecular weight excluding hydrogens is 450 g/mol. The molecule has 34 heavy (non-hydrogen) atoms. The van der Waals surface area contributed by atoms with Gasteiger partial charge in [0.1, 0.15) is 11.9 Å². The molecule has 182 valence electrons. The van der Waals surface area contributed by atoms with Gasteiger partial charge >= 0.3 is 0 Å². The third-order valence-electron chi connectivity index (χ3n) is 6.62. The van der Waals surface area contributed by atoms with Crippen LogP contribution in [0.5, 0.6) is 0 Å². The number of thioether (sulfide) groups is 1. The number of nitrogens with zero attached hydrogens (tertiary/aromatic N) is 4. The molecule has 4 rings (SSSR count).